The first kappa shape index (κ1) is 18.4. The molecule has 0 aliphatic heterocycles. The lowest BCUT2D eigenvalue weighted by Gasteiger charge is -2.01. The van der Waals surface area contributed by atoms with E-state index in [4.69, 9.17) is 0 Å². The summed E-state index contributed by atoms with van der Waals surface area (Å²) < 4.78 is 0. The second-order valence-electron chi connectivity index (χ2n) is 4.97. The molecule has 0 aliphatic rings. The normalized spacial score (nSPS) is 9.40. The summed E-state index contributed by atoms with van der Waals surface area (Å²) in [5.74, 6) is 1.21. The lowest BCUT2D eigenvalue weighted by atomic mass is 10.0. The molecule has 0 atom stereocenters. The molecule has 1 aromatic heterocycles. The number of hydrogen-bond donors (Lipinski definition) is 0. The molecule has 0 saturated carbocycles. The van der Waals surface area contributed by atoms with E-state index in [1.165, 1.54) is 5.56 Å². The van der Waals surface area contributed by atoms with Gasteiger partial charge in [0, 0.05) is 11.9 Å². The van der Waals surface area contributed by atoms with E-state index in [0.29, 0.717) is 11.8 Å². The predicted octanol–water partition coefficient (Wildman–Crippen LogP) is 6.04. The lowest BCUT2D eigenvalue weighted by molar-refractivity contribution is 0.823. The van der Waals surface area contributed by atoms with Gasteiger partial charge in [0.2, 0.25) is 0 Å². The Morgan fingerprint density at radius 3 is 1.55 bits per heavy atom. The van der Waals surface area contributed by atoms with Gasteiger partial charge in [0.1, 0.15) is 0 Å². The van der Waals surface area contributed by atoms with Crippen LogP contribution in [-0.4, -0.2) is 4.98 Å². The van der Waals surface area contributed by atoms with Crippen LogP contribution in [0.5, 0.6) is 0 Å². The number of rotatable bonds is 2. The van der Waals surface area contributed by atoms with Gasteiger partial charge in [-0.3, -0.25) is 4.98 Å². The van der Waals surface area contributed by atoms with E-state index >= 15 is 0 Å². The maximum atomic E-state index is 4.18. The van der Waals surface area contributed by atoms with E-state index in [-0.39, 0.29) is 0 Å². The standard InChI is InChI=1S/C9H12.C8H11N.C2H6/c1-8(2)9-6-4-3-5-7-9;1-7(2)8-5-3-4-6-9-8;1-2/h3-8H,1-2H3;3-7H,1-2H3;1-2H3. The maximum Gasteiger partial charge on any atom is 0.0428 e. The average molecular weight is 271 g/mol. The van der Waals surface area contributed by atoms with Crippen LogP contribution in [0.25, 0.3) is 0 Å². The SMILES string of the molecule is CC.CC(C)c1ccccc1.CC(C)c1ccccn1. The largest absolute Gasteiger partial charge is 0.261 e. The highest BCUT2D eigenvalue weighted by Crippen LogP contribution is 2.11. The Hall–Kier alpha value is -1.63. The predicted molar refractivity (Wildman–Crippen MR) is 90.2 cm³/mol. The molecule has 0 fully saturated rings. The van der Waals surface area contributed by atoms with Crippen LogP contribution in [0.4, 0.5) is 0 Å². The molecule has 20 heavy (non-hydrogen) atoms. The fourth-order valence-corrected chi connectivity index (χ4v) is 1.56. The van der Waals surface area contributed by atoms with Gasteiger partial charge in [0.05, 0.1) is 0 Å². The molecule has 0 bridgehead atoms. The van der Waals surface area contributed by atoms with Crippen LogP contribution in [0.2, 0.25) is 0 Å². The van der Waals surface area contributed by atoms with Gasteiger partial charge >= 0.3 is 0 Å². The van der Waals surface area contributed by atoms with Crippen LogP contribution in [0, 0.1) is 0 Å². The first-order valence-electron chi connectivity index (χ1n) is 7.57. The minimum atomic E-state index is 0.547. The number of benzene rings is 1. The van der Waals surface area contributed by atoms with E-state index < -0.39 is 0 Å². The van der Waals surface area contributed by atoms with E-state index in [9.17, 15) is 0 Å². The Balaban J connectivity index is 0.000000321. The van der Waals surface area contributed by atoms with Crippen molar-refractivity contribution in [2.24, 2.45) is 0 Å². The molecule has 0 radical (unpaired) electrons. The molecular formula is C19H29N. The Kier molecular flexibility index (Phi) is 10.3. The average Bonchev–Trinajstić information content (AvgIpc) is 2.51. The third-order valence-electron chi connectivity index (χ3n) is 2.75. The summed E-state index contributed by atoms with van der Waals surface area (Å²) in [6.45, 7) is 12.7. The molecular weight excluding hydrogens is 242 g/mol. The summed E-state index contributed by atoms with van der Waals surface area (Å²) in [6, 6.07) is 16.5. The fraction of sp³-hybridized carbons (Fsp3) is 0.421. The second kappa shape index (κ2) is 11.2. The molecule has 0 unspecified atom stereocenters. The summed E-state index contributed by atoms with van der Waals surface area (Å²) in [5, 5.41) is 0. The van der Waals surface area contributed by atoms with E-state index in [1.807, 2.05) is 44.3 Å². The van der Waals surface area contributed by atoms with Gasteiger partial charge in [-0.1, -0.05) is 77.9 Å². The first-order valence-corrected chi connectivity index (χ1v) is 7.57. The summed E-state index contributed by atoms with van der Waals surface area (Å²) in [6.07, 6.45) is 1.83. The van der Waals surface area contributed by atoms with Crippen molar-refractivity contribution >= 4 is 0 Å². The molecule has 1 nitrogen and oxygen atoms in total. The summed E-state index contributed by atoms with van der Waals surface area (Å²) >= 11 is 0. The Labute approximate surface area is 125 Å². The highest BCUT2D eigenvalue weighted by atomic mass is 14.7. The van der Waals surface area contributed by atoms with Gasteiger partial charge in [0.25, 0.3) is 0 Å². The van der Waals surface area contributed by atoms with Crippen molar-refractivity contribution in [3.05, 3.63) is 66.0 Å². The highest BCUT2D eigenvalue weighted by molar-refractivity contribution is 5.17. The molecule has 0 N–H and O–H groups in total. The fourth-order valence-electron chi connectivity index (χ4n) is 1.56. The first-order chi connectivity index (χ1) is 9.61. The third kappa shape index (κ3) is 7.73. The van der Waals surface area contributed by atoms with Crippen molar-refractivity contribution in [3.8, 4) is 0 Å². The topological polar surface area (TPSA) is 12.9 Å². The van der Waals surface area contributed by atoms with Crippen molar-refractivity contribution in [3.63, 3.8) is 0 Å². The minimum absolute atomic E-state index is 0.547. The Bertz CT molecular complexity index is 375. The summed E-state index contributed by atoms with van der Waals surface area (Å²) in [4.78, 5) is 4.18. The zero-order valence-corrected chi connectivity index (χ0v) is 13.8. The van der Waals surface area contributed by atoms with Crippen LogP contribution < -0.4 is 0 Å². The molecule has 2 aromatic rings. The van der Waals surface area contributed by atoms with Crippen LogP contribution >= 0.6 is 0 Å². The van der Waals surface area contributed by atoms with E-state index in [0.717, 1.165) is 5.69 Å². The number of aromatic nitrogens is 1. The van der Waals surface area contributed by atoms with Crippen molar-refractivity contribution in [2.75, 3.05) is 0 Å². The van der Waals surface area contributed by atoms with Gasteiger partial charge in [-0.15, -0.1) is 0 Å². The van der Waals surface area contributed by atoms with Gasteiger partial charge in [-0.25, -0.2) is 0 Å². The lowest BCUT2D eigenvalue weighted by Crippen LogP contribution is -1.88. The monoisotopic (exact) mass is 271 g/mol. The molecule has 1 heteroatoms. The minimum Gasteiger partial charge on any atom is -0.261 e. The van der Waals surface area contributed by atoms with Gasteiger partial charge in [-0.05, 0) is 29.5 Å². The molecule has 110 valence electrons. The number of hydrogen-bond acceptors (Lipinski definition) is 1. The van der Waals surface area contributed by atoms with Crippen LogP contribution in [-0.2, 0) is 0 Å². The van der Waals surface area contributed by atoms with E-state index in [2.05, 4.69) is 56.9 Å². The quantitative estimate of drug-likeness (QED) is 0.648. The zero-order chi connectivity index (χ0) is 15.4. The molecule has 1 heterocycles. The van der Waals surface area contributed by atoms with Crippen molar-refractivity contribution in [1.29, 1.82) is 0 Å². The Morgan fingerprint density at radius 2 is 1.25 bits per heavy atom. The zero-order valence-electron chi connectivity index (χ0n) is 13.8. The molecule has 0 saturated heterocycles. The highest BCUT2D eigenvalue weighted by Gasteiger charge is 1.95. The van der Waals surface area contributed by atoms with Gasteiger partial charge in [-0.2, -0.15) is 0 Å². The van der Waals surface area contributed by atoms with Crippen LogP contribution in [0.3, 0.4) is 0 Å². The molecule has 0 aliphatic carbocycles. The maximum absolute atomic E-state index is 4.18. The van der Waals surface area contributed by atoms with Crippen LogP contribution in [0.15, 0.2) is 54.7 Å². The Morgan fingerprint density at radius 1 is 0.700 bits per heavy atom. The third-order valence-corrected chi connectivity index (χ3v) is 2.75. The summed E-state index contributed by atoms with van der Waals surface area (Å²) in [7, 11) is 0. The number of pyridine rings is 1. The molecule has 2 rings (SSSR count). The number of nitrogens with zero attached hydrogens (tertiary/aromatic N) is 1. The van der Waals surface area contributed by atoms with Crippen molar-refractivity contribution in [2.45, 2.75) is 53.4 Å². The molecule has 1 aromatic carbocycles. The van der Waals surface area contributed by atoms with Gasteiger partial charge < -0.3 is 0 Å². The van der Waals surface area contributed by atoms with Gasteiger partial charge in [0.15, 0.2) is 0 Å². The van der Waals surface area contributed by atoms with E-state index in [1.54, 1.807) is 0 Å². The van der Waals surface area contributed by atoms with Crippen molar-refractivity contribution in [1.82, 2.24) is 4.98 Å². The van der Waals surface area contributed by atoms with Crippen molar-refractivity contribution < 1.29 is 0 Å². The molecule has 0 spiro atoms. The summed E-state index contributed by atoms with van der Waals surface area (Å²) in [5.41, 5.74) is 2.58. The smallest absolute Gasteiger partial charge is 0.0428 e. The van der Waals surface area contributed by atoms with Crippen LogP contribution in [0.1, 0.15) is 64.6 Å². The molecule has 0 amide bonds. The second-order valence-corrected chi connectivity index (χ2v) is 4.97.